The molecular formula is C12H21N3O3. The second kappa shape index (κ2) is 5.24. The van der Waals surface area contributed by atoms with Crippen molar-refractivity contribution in [3.05, 3.63) is 0 Å². The maximum atomic E-state index is 11.4. The van der Waals surface area contributed by atoms with Crippen molar-refractivity contribution < 1.29 is 14.7 Å². The SMILES string of the molecule is CN(CCN1C(=O)CNC1=O)CC1(O)CCCC1. The van der Waals surface area contributed by atoms with E-state index in [1.807, 2.05) is 11.9 Å². The van der Waals surface area contributed by atoms with Gasteiger partial charge in [-0.05, 0) is 19.9 Å². The van der Waals surface area contributed by atoms with Gasteiger partial charge in [0.25, 0.3) is 0 Å². The quantitative estimate of drug-likeness (QED) is 0.666. The van der Waals surface area contributed by atoms with Crippen LogP contribution in [-0.4, -0.2) is 65.7 Å². The fourth-order valence-electron chi connectivity index (χ4n) is 2.73. The second-order valence-electron chi connectivity index (χ2n) is 5.37. The van der Waals surface area contributed by atoms with Crippen molar-refractivity contribution in [3.63, 3.8) is 0 Å². The molecule has 1 aliphatic carbocycles. The third-order valence-corrected chi connectivity index (χ3v) is 3.74. The smallest absolute Gasteiger partial charge is 0.324 e. The summed E-state index contributed by atoms with van der Waals surface area (Å²) < 4.78 is 0. The number of urea groups is 1. The van der Waals surface area contributed by atoms with Crippen LogP contribution in [0.25, 0.3) is 0 Å². The number of rotatable bonds is 5. The normalized spacial score (nSPS) is 22.9. The summed E-state index contributed by atoms with van der Waals surface area (Å²) in [6.07, 6.45) is 3.86. The summed E-state index contributed by atoms with van der Waals surface area (Å²) in [5.41, 5.74) is -0.577. The number of nitrogens with one attached hydrogen (secondary N) is 1. The number of nitrogens with zero attached hydrogens (tertiary/aromatic N) is 2. The van der Waals surface area contributed by atoms with Gasteiger partial charge in [0, 0.05) is 19.6 Å². The van der Waals surface area contributed by atoms with E-state index in [-0.39, 0.29) is 18.5 Å². The van der Waals surface area contributed by atoms with E-state index in [0.717, 1.165) is 25.7 Å². The minimum Gasteiger partial charge on any atom is -0.389 e. The van der Waals surface area contributed by atoms with Crippen LogP contribution in [0, 0.1) is 0 Å². The number of hydrogen-bond donors (Lipinski definition) is 2. The van der Waals surface area contributed by atoms with Gasteiger partial charge in [-0.25, -0.2) is 4.79 Å². The standard InChI is InChI=1S/C12H21N3O3/c1-14(9-12(18)4-2-3-5-12)6-7-15-10(16)8-13-11(15)17/h18H,2-9H2,1H3,(H,13,17). The number of carbonyl (C=O) groups excluding carboxylic acids is 2. The second-order valence-corrected chi connectivity index (χ2v) is 5.37. The Kier molecular flexibility index (Phi) is 3.87. The van der Waals surface area contributed by atoms with Gasteiger partial charge in [-0.1, -0.05) is 12.8 Å². The van der Waals surface area contributed by atoms with Gasteiger partial charge in [-0.3, -0.25) is 9.69 Å². The van der Waals surface area contributed by atoms with E-state index in [0.29, 0.717) is 19.6 Å². The molecule has 2 aliphatic rings. The van der Waals surface area contributed by atoms with Crippen LogP contribution in [0.4, 0.5) is 4.79 Å². The van der Waals surface area contributed by atoms with Crippen LogP contribution in [0.15, 0.2) is 0 Å². The third-order valence-electron chi connectivity index (χ3n) is 3.74. The lowest BCUT2D eigenvalue weighted by Gasteiger charge is -2.29. The first-order valence-electron chi connectivity index (χ1n) is 6.49. The summed E-state index contributed by atoms with van der Waals surface area (Å²) in [4.78, 5) is 25.9. The van der Waals surface area contributed by atoms with Crippen LogP contribution in [0.2, 0.25) is 0 Å². The minimum absolute atomic E-state index is 0.104. The number of amides is 3. The van der Waals surface area contributed by atoms with Crippen LogP contribution in [0.3, 0.4) is 0 Å². The molecule has 2 rings (SSSR count). The Morgan fingerprint density at radius 1 is 1.39 bits per heavy atom. The zero-order chi connectivity index (χ0) is 13.2. The Morgan fingerprint density at radius 3 is 2.61 bits per heavy atom. The highest BCUT2D eigenvalue weighted by Gasteiger charge is 2.33. The minimum atomic E-state index is -0.577. The zero-order valence-electron chi connectivity index (χ0n) is 10.8. The molecule has 2 fully saturated rings. The molecular weight excluding hydrogens is 234 g/mol. The maximum absolute atomic E-state index is 11.4. The summed E-state index contributed by atoms with van der Waals surface area (Å²) in [5.74, 6) is -0.173. The Bertz CT molecular complexity index is 323. The van der Waals surface area contributed by atoms with Crippen molar-refractivity contribution in [2.75, 3.05) is 33.2 Å². The molecule has 2 N–H and O–H groups in total. The summed E-state index contributed by atoms with van der Waals surface area (Å²) in [6, 6.07) is -0.312. The van der Waals surface area contributed by atoms with E-state index in [1.165, 1.54) is 4.90 Å². The fourth-order valence-corrected chi connectivity index (χ4v) is 2.73. The zero-order valence-corrected chi connectivity index (χ0v) is 10.8. The lowest BCUT2D eigenvalue weighted by molar-refractivity contribution is -0.125. The van der Waals surface area contributed by atoms with Gasteiger partial charge in [0.15, 0.2) is 0 Å². The van der Waals surface area contributed by atoms with Gasteiger partial charge in [0.1, 0.15) is 0 Å². The summed E-state index contributed by atoms with van der Waals surface area (Å²) in [6.45, 7) is 1.70. The van der Waals surface area contributed by atoms with E-state index >= 15 is 0 Å². The molecule has 6 heteroatoms. The van der Waals surface area contributed by atoms with E-state index < -0.39 is 5.60 Å². The highest BCUT2D eigenvalue weighted by atomic mass is 16.3. The number of hydrogen-bond acceptors (Lipinski definition) is 4. The summed E-state index contributed by atoms with van der Waals surface area (Å²) in [7, 11) is 1.91. The molecule has 102 valence electrons. The van der Waals surface area contributed by atoms with Gasteiger partial charge in [0.2, 0.25) is 5.91 Å². The average Bonchev–Trinajstić information content (AvgIpc) is 2.85. The molecule has 0 unspecified atom stereocenters. The van der Waals surface area contributed by atoms with Crippen molar-refractivity contribution in [2.24, 2.45) is 0 Å². The van der Waals surface area contributed by atoms with Gasteiger partial charge in [-0.15, -0.1) is 0 Å². The lowest BCUT2D eigenvalue weighted by Crippen LogP contribution is -2.43. The largest absolute Gasteiger partial charge is 0.389 e. The number of carbonyl (C=O) groups is 2. The Balaban J connectivity index is 1.76. The Labute approximate surface area is 107 Å². The molecule has 1 saturated heterocycles. The summed E-state index contributed by atoms with van der Waals surface area (Å²) in [5, 5.41) is 12.7. The van der Waals surface area contributed by atoms with Gasteiger partial charge in [0.05, 0.1) is 12.1 Å². The van der Waals surface area contributed by atoms with Gasteiger partial charge < -0.3 is 15.3 Å². The van der Waals surface area contributed by atoms with Gasteiger partial charge in [-0.2, -0.15) is 0 Å². The molecule has 6 nitrogen and oxygen atoms in total. The molecule has 0 spiro atoms. The van der Waals surface area contributed by atoms with Crippen molar-refractivity contribution in [3.8, 4) is 0 Å². The van der Waals surface area contributed by atoms with E-state index in [2.05, 4.69) is 5.32 Å². The van der Waals surface area contributed by atoms with Crippen LogP contribution in [0.5, 0.6) is 0 Å². The fraction of sp³-hybridized carbons (Fsp3) is 0.833. The molecule has 0 radical (unpaired) electrons. The van der Waals surface area contributed by atoms with E-state index in [4.69, 9.17) is 0 Å². The molecule has 1 saturated carbocycles. The topological polar surface area (TPSA) is 72.9 Å². The molecule has 18 heavy (non-hydrogen) atoms. The lowest BCUT2D eigenvalue weighted by atomic mass is 10.0. The average molecular weight is 255 g/mol. The molecule has 1 aliphatic heterocycles. The highest BCUT2D eigenvalue weighted by molar-refractivity contribution is 6.01. The van der Waals surface area contributed by atoms with Crippen molar-refractivity contribution in [1.29, 1.82) is 0 Å². The maximum Gasteiger partial charge on any atom is 0.324 e. The van der Waals surface area contributed by atoms with Crippen LogP contribution in [-0.2, 0) is 4.79 Å². The molecule has 0 atom stereocenters. The van der Waals surface area contributed by atoms with Crippen LogP contribution < -0.4 is 5.32 Å². The van der Waals surface area contributed by atoms with Gasteiger partial charge >= 0.3 is 6.03 Å². The number of aliphatic hydroxyl groups is 1. The Hall–Kier alpha value is -1.14. The predicted octanol–water partition coefficient (Wildman–Crippen LogP) is -0.225. The van der Waals surface area contributed by atoms with E-state index in [9.17, 15) is 14.7 Å². The molecule has 0 aromatic heterocycles. The first-order valence-corrected chi connectivity index (χ1v) is 6.49. The summed E-state index contributed by atoms with van der Waals surface area (Å²) >= 11 is 0. The first-order chi connectivity index (χ1) is 8.50. The third kappa shape index (κ3) is 3.00. The molecule has 0 bridgehead atoms. The Morgan fingerprint density at radius 2 is 2.06 bits per heavy atom. The molecule has 1 heterocycles. The monoisotopic (exact) mass is 255 g/mol. The van der Waals surface area contributed by atoms with Crippen molar-refractivity contribution in [1.82, 2.24) is 15.1 Å². The first kappa shape index (κ1) is 13.3. The van der Waals surface area contributed by atoms with E-state index in [1.54, 1.807) is 0 Å². The van der Waals surface area contributed by atoms with Crippen molar-refractivity contribution in [2.45, 2.75) is 31.3 Å². The van der Waals surface area contributed by atoms with Crippen LogP contribution in [0.1, 0.15) is 25.7 Å². The highest BCUT2D eigenvalue weighted by Crippen LogP contribution is 2.29. The molecule has 0 aromatic rings. The van der Waals surface area contributed by atoms with Crippen molar-refractivity contribution >= 4 is 11.9 Å². The number of imide groups is 1. The molecule has 0 aromatic carbocycles. The predicted molar refractivity (Wildman–Crippen MR) is 66.0 cm³/mol. The molecule has 3 amide bonds. The number of likely N-dealkylation sites (N-methyl/N-ethyl adjacent to an activating group) is 1. The van der Waals surface area contributed by atoms with Crippen LogP contribution >= 0.6 is 0 Å².